The Morgan fingerprint density at radius 3 is 2.50 bits per heavy atom. The molecular weight excluding hydrogens is 148 g/mol. The van der Waals surface area contributed by atoms with Crippen molar-refractivity contribution in [3.8, 4) is 6.07 Å². The first kappa shape index (κ1) is 9.54. The molecule has 0 radical (unpaired) electrons. The summed E-state index contributed by atoms with van der Waals surface area (Å²) in [6.07, 6.45) is 6.55. The second kappa shape index (κ2) is 5.16. The summed E-state index contributed by atoms with van der Waals surface area (Å²) < 4.78 is 0. The minimum Gasteiger partial charge on any atom is -0.302 e. The van der Waals surface area contributed by atoms with E-state index in [1.54, 1.807) is 0 Å². The zero-order valence-corrected chi connectivity index (χ0v) is 7.84. The fraction of sp³-hybridized carbons (Fsp3) is 0.900. The first-order chi connectivity index (χ1) is 5.86. The molecule has 1 aliphatic rings. The lowest BCUT2D eigenvalue weighted by Crippen LogP contribution is -2.33. The SMILES string of the molecule is CCC1CCC(NCC#N)CC1. The van der Waals surface area contributed by atoms with E-state index in [1.165, 1.54) is 32.1 Å². The van der Waals surface area contributed by atoms with E-state index in [9.17, 15) is 0 Å². The van der Waals surface area contributed by atoms with Crippen LogP contribution in [0.1, 0.15) is 39.0 Å². The van der Waals surface area contributed by atoms with Gasteiger partial charge in [0.15, 0.2) is 0 Å². The van der Waals surface area contributed by atoms with Gasteiger partial charge in [-0.25, -0.2) is 0 Å². The van der Waals surface area contributed by atoms with Crippen molar-refractivity contribution in [3.05, 3.63) is 0 Å². The van der Waals surface area contributed by atoms with Crippen LogP contribution in [0.5, 0.6) is 0 Å². The average Bonchev–Trinajstić information content (AvgIpc) is 2.15. The van der Waals surface area contributed by atoms with E-state index in [1.807, 2.05) is 0 Å². The van der Waals surface area contributed by atoms with Crippen molar-refractivity contribution >= 4 is 0 Å². The van der Waals surface area contributed by atoms with Crippen LogP contribution in [0.15, 0.2) is 0 Å². The maximum atomic E-state index is 8.38. The highest BCUT2D eigenvalue weighted by Crippen LogP contribution is 2.26. The van der Waals surface area contributed by atoms with Gasteiger partial charge in [0, 0.05) is 6.04 Å². The van der Waals surface area contributed by atoms with Crippen LogP contribution in [0, 0.1) is 17.2 Å². The minimum atomic E-state index is 0.515. The molecule has 0 saturated heterocycles. The van der Waals surface area contributed by atoms with Gasteiger partial charge in [-0.3, -0.25) is 0 Å². The van der Waals surface area contributed by atoms with Crippen LogP contribution < -0.4 is 5.32 Å². The molecule has 0 heterocycles. The standard InChI is InChI=1S/C10H18N2/c1-2-9-3-5-10(6-4-9)12-8-7-11/h9-10,12H,2-6,8H2,1H3. The Morgan fingerprint density at radius 2 is 2.00 bits per heavy atom. The summed E-state index contributed by atoms with van der Waals surface area (Å²) >= 11 is 0. The molecule has 0 aliphatic heterocycles. The van der Waals surface area contributed by atoms with Crippen LogP contribution in [0.3, 0.4) is 0 Å². The molecule has 0 aromatic heterocycles. The normalized spacial score (nSPS) is 29.7. The third kappa shape index (κ3) is 2.83. The maximum Gasteiger partial charge on any atom is 0.0843 e. The molecule has 0 atom stereocenters. The second-order valence-electron chi connectivity index (χ2n) is 3.66. The van der Waals surface area contributed by atoms with E-state index in [0.29, 0.717) is 12.6 Å². The maximum absolute atomic E-state index is 8.38. The highest BCUT2D eigenvalue weighted by Gasteiger charge is 2.18. The Bertz CT molecular complexity index is 152. The minimum absolute atomic E-state index is 0.515. The first-order valence-electron chi connectivity index (χ1n) is 4.97. The summed E-state index contributed by atoms with van der Waals surface area (Å²) in [6, 6.07) is 2.75. The zero-order valence-electron chi connectivity index (χ0n) is 7.84. The molecule has 0 unspecified atom stereocenters. The molecule has 0 aromatic rings. The van der Waals surface area contributed by atoms with E-state index in [4.69, 9.17) is 5.26 Å². The molecule has 1 rings (SSSR count). The number of rotatable bonds is 3. The fourth-order valence-corrected chi connectivity index (χ4v) is 1.96. The first-order valence-corrected chi connectivity index (χ1v) is 4.97. The van der Waals surface area contributed by atoms with Crippen LogP contribution in [-0.4, -0.2) is 12.6 Å². The third-order valence-electron chi connectivity index (χ3n) is 2.89. The summed E-state index contributed by atoms with van der Waals surface area (Å²) in [5.74, 6) is 0.949. The van der Waals surface area contributed by atoms with Gasteiger partial charge in [-0.2, -0.15) is 5.26 Å². The van der Waals surface area contributed by atoms with Gasteiger partial charge in [0.2, 0.25) is 0 Å². The summed E-state index contributed by atoms with van der Waals surface area (Å²) in [5.41, 5.74) is 0. The molecule has 68 valence electrons. The molecule has 1 aliphatic carbocycles. The van der Waals surface area contributed by atoms with Gasteiger partial charge in [-0.05, 0) is 31.6 Å². The summed E-state index contributed by atoms with van der Waals surface area (Å²) in [5, 5.41) is 11.6. The number of nitriles is 1. The van der Waals surface area contributed by atoms with E-state index in [0.717, 1.165) is 5.92 Å². The number of hydrogen-bond acceptors (Lipinski definition) is 2. The Hall–Kier alpha value is -0.550. The van der Waals surface area contributed by atoms with Gasteiger partial charge in [0.1, 0.15) is 0 Å². The fourth-order valence-electron chi connectivity index (χ4n) is 1.96. The Labute approximate surface area is 75.0 Å². The molecule has 2 nitrogen and oxygen atoms in total. The van der Waals surface area contributed by atoms with Crippen LogP contribution in [0.25, 0.3) is 0 Å². The predicted molar refractivity (Wildman–Crippen MR) is 49.7 cm³/mol. The Morgan fingerprint density at radius 1 is 1.33 bits per heavy atom. The summed E-state index contributed by atoms with van der Waals surface area (Å²) in [4.78, 5) is 0. The summed E-state index contributed by atoms with van der Waals surface area (Å²) in [7, 11) is 0. The van der Waals surface area contributed by atoms with Gasteiger partial charge < -0.3 is 5.32 Å². The largest absolute Gasteiger partial charge is 0.302 e. The number of nitrogens with one attached hydrogen (secondary N) is 1. The van der Waals surface area contributed by atoms with Crippen LogP contribution in [-0.2, 0) is 0 Å². The van der Waals surface area contributed by atoms with Crippen LogP contribution in [0.2, 0.25) is 0 Å². The summed E-state index contributed by atoms with van der Waals surface area (Å²) in [6.45, 7) is 2.79. The molecular formula is C10H18N2. The molecule has 0 aromatic carbocycles. The second-order valence-corrected chi connectivity index (χ2v) is 3.66. The van der Waals surface area contributed by atoms with Crippen molar-refractivity contribution in [1.29, 1.82) is 5.26 Å². The predicted octanol–water partition coefficient (Wildman–Crippen LogP) is 2.07. The smallest absolute Gasteiger partial charge is 0.0843 e. The van der Waals surface area contributed by atoms with Crippen LogP contribution >= 0.6 is 0 Å². The van der Waals surface area contributed by atoms with Gasteiger partial charge in [0.05, 0.1) is 12.6 Å². The lowest BCUT2D eigenvalue weighted by molar-refractivity contribution is 0.292. The zero-order chi connectivity index (χ0) is 8.81. The molecule has 1 fully saturated rings. The van der Waals surface area contributed by atoms with E-state index < -0.39 is 0 Å². The highest BCUT2D eigenvalue weighted by molar-refractivity contribution is 4.81. The van der Waals surface area contributed by atoms with Crippen molar-refractivity contribution in [3.63, 3.8) is 0 Å². The van der Waals surface area contributed by atoms with Crippen LogP contribution in [0.4, 0.5) is 0 Å². The van der Waals surface area contributed by atoms with E-state index >= 15 is 0 Å². The molecule has 12 heavy (non-hydrogen) atoms. The van der Waals surface area contributed by atoms with Crippen molar-refractivity contribution in [2.45, 2.75) is 45.1 Å². The van der Waals surface area contributed by atoms with Gasteiger partial charge in [-0.15, -0.1) is 0 Å². The molecule has 2 heteroatoms. The quantitative estimate of drug-likeness (QED) is 0.651. The molecule has 0 spiro atoms. The highest BCUT2D eigenvalue weighted by atomic mass is 14.9. The Kier molecular flexibility index (Phi) is 4.10. The molecule has 0 bridgehead atoms. The lowest BCUT2D eigenvalue weighted by atomic mass is 9.84. The van der Waals surface area contributed by atoms with Crippen molar-refractivity contribution in [1.82, 2.24) is 5.32 Å². The van der Waals surface area contributed by atoms with Crippen molar-refractivity contribution in [2.75, 3.05) is 6.54 Å². The average molecular weight is 166 g/mol. The molecule has 1 N–H and O–H groups in total. The van der Waals surface area contributed by atoms with Crippen molar-refractivity contribution < 1.29 is 0 Å². The van der Waals surface area contributed by atoms with Gasteiger partial charge in [-0.1, -0.05) is 13.3 Å². The number of hydrogen-bond donors (Lipinski definition) is 1. The Balaban J connectivity index is 2.14. The van der Waals surface area contributed by atoms with Crippen molar-refractivity contribution in [2.24, 2.45) is 5.92 Å². The van der Waals surface area contributed by atoms with E-state index in [2.05, 4.69) is 18.3 Å². The molecule has 1 saturated carbocycles. The monoisotopic (exact) mass is 166 g/mol. The van der Waals surface area contributed by atoms with Gasteiger partial charge in [0.25, 0.3) is 0 Å². The number of nitrogens with zero attached hydrogens (tertiary/aromatic N) is 1. The third-order valence-corrected chi connectivity index (χ3v) is 2.89. The lowest BCUT2D eigenvalue weighted by Gasteiger charge is -2.27. The van der Waals surface area contributed by atoms with Gasteiger partial charge >= 0.3 is 0 Å². The molecule has 0 amide bonds. The van der Waals surface area contributed by atoms with E-state index in [-0.39, 0.29) is 0 Å². The topological polar surface area (TPSA) is 35.8 Å².